The van der Waals surface area contributed by atoms with Crippen molar-refractivity contribution >= 4 is 5.91 Å². The zero-order valence-corrected chi connectivity index (χ0v) is 15.9. The second-order valence-corrected chi connectivity index (χ2v) is 5.74. The van der Waals surface area contributed by atoms with Crippen LogP contribution in [0.25, 0.3) is 0 Å². The lowest BCUT2D eigenvalue weighted by molar-refractivity contribution is 0.0796. The highest BCUT2D eigenvalue weighted by Crippen LogP contribution is 2.38. The van der Waals surface area contributed by atoms with Crippen LogP contribution < -0.4 is 18.9 Å². The molecule has 0 N–H and O–H groups in total. The number of benzene rings is 2. The van der Waals surface area contributed by atoms with Crippen LogP contribution in [-0.2, 0) is 6.42 Å². The lowest BCUT2D eigenvalue weighted by Gasteiger charge is -2.19. The molecule has 2 aromatic carbocycles. The highest BCUT2D eigenvalue weighted by molar-refractivity contribution is 5.94. The van der Waals surface area contributed by atoms with Gasteiger partial charge in [-0.2, -0.15) is 0 Å². The summed E-state index contributed by atoms with van der Waals surface area (Å²) in [6, 6.07) is 10.9. The first-order chi connectivity index (χ1) is 12.5. The molecule has 0 radical (unpaired) electrons. The predicted octanol–water partition coefficient (Wildman–Crippen LogP) is 3.04. The summed E-state index contributed by atoms with van der Waals surface area (Å²) in [6.45, 7) is 0.550. The van der Waals surface area contributed by atoms with Gasteiger partial charge >= 0.3 is 0 Å². The number of rotatable bonds is 8. The van der Waals surface area contributed by atoms with Gasteiger partial charge in [-0.25, -0.2) is 0 Å². The Balaban J connectivity index is 2.11. The number of hydrogen-bond acceptors (Lipinski definition) is 5. The van der Waals surface area contributed by atoms with Crippen molar-refractivity contribution in [2.45, 2.75) is 6.42 Å². The summed E-state index contributed by atoms with van der Waals surface area (Å²) < 4.78 is 21.2. The van der Waals surface area contributed by atoms with Crippen LogP contribution in [0.15, 0.2) is 36.4 Å². The van der Waals surface area contributed by atoms with E-state index in [4.69, 9.17) is 18.9 Å². The Morgan fingerprint density at radius 2 is 1.58 bits per heavy atom. The Labute approximate surface area is 154 Å². The molecule has 0 aromatic heterocycles. The summed E-state index contributed by atoms with van der Waals surface area (Å²) in [7, 11) is 8.09. The number of carbonyl (C=O) groups excluding carboxylic acids is 1. The van der Waals surface area contributed by atoms with E-state index >= 15 is 0 Å². The van der Waals surface area contributed by atoms with Crippen molar-refractivity contribution in [2.75, 3.05) is 42.0 Å². The van der Waals surface area contributed by atoms with Crippen LogP contribution in [0.2, 0.25) is 0 Å². The Kier molecular flexibility index (Phi) is 6.72. The monoisotopic (exact) mass is 359 g/mol. The second kappa shape index (κ2) is 8.99. The van der Waals surface area contributed by atoms with Gasteiger partial charge in [0, 0.05) is 19.2 Å². The van der Waals surface area contributed by atoms with Crippen LogP contribution in [0.1, 0.15) is 15.9 Å². The SMILES string of the molecule is COc1cccc(C(=O)N(C)CCc2cc(OC)c(OC)c(OC)c2)c1. The van der Waals surface area contributed by atoms with Gasteiger partial charge < -0.3 is 23.8 Å². The number of methoxy groups -OCH3 is 4. The topological polar surface area (TPSA) is 57.2 Å². The zero-order valence-electron chi connectivity index (χ0n) is 15.9. The van der Waals surface area contributed by atoms with Gasteiger partial charge in [0.2, 0.25) is 5.75 Å². The van der Waals surface area contributed by atoms with E-state index in [2.05, 4.69) is 0 Å². The van der Waals surface area contributed by atoms with Crippen LogP contribution >= 0.6 is 0 Å². The van der Waals surface area contributed by atoms with Gasteiger partial charge in [0.05, 0.1) is 28.4 Å². The van der Waals surface area contributed by atoms with Crippen molar-refractivity contribution in [3.63, 3.8) is 0 Å². The predicted molar refractivity (Wildman–Crippen MR) is 99.8 cm³/mol. The van der Waals surface area contributed by atoms with E-state index in [0.29, 0.717) is 41.5 Å². The molecule has 0 aliphatic heterocycles. The molecule has 26 heavy (non-hydrogen) atoms. The van der Waals surface area contributed by atoms with Gasteiger partial charge in [-0.1, -0.05) is 6.07 Å². The van der Waals surface area contributed by atoms with Crippen molar-refractivity contribution in [2.24, 2.45) is 0 Å². The number of amides is 1. The fourth-order valence-electron chi connectivity index (χ4n) is 2.65. The summed E-state index contributed by atoms with van der Waals surface area (Å²) in [5.74, 6) is 2.36. The third kappa shape index (κ3) is 4.39. The largest absolute Gasteiger partial charge is 0.497 e. The fraction of sp³-hybridized carbons (Fsp3) is 0.350. The lowest BCUT2D eigenvalue weighted by Crippen LogP contribution is -2.28. The van der Waals surface area contributed by atoms with Gasteiger partial charge in [0.15, 0.2) is 11.5 Å². The molecule has 0 fully saturated rings. The number of carbonyl (C=O) groups is 1. The number of nitrogens with zero attached hydrogens (tertiary/aromatic N) is 1. The molecule has 0 spiro atoms. The Hall–Kier alpha value is -2.89. The number of hydrogen-bond donors (Lipinski definition) is 0. The Morgan fingerprint density at radius 1 is 0.923 bits per heavy atom. The quantitative estimate of drug-likeness (QED) is 0.725. The zero-order chi connectivity index (χ0) is 19.1. The maximum absolute atomic E-state index is 12.6. The van der Waals surface area contributed by atoms with Crippen molar-refractivity contribution in [1.82, 2.24) is 4.90 Å². The highest BCUT2D eigenvalue weighted by atomic mass is 16.5. The summed E-state index contributed by atoms with van der Waals surface area (Å²) in [6.07, 6.45) is 0.656. The molecular weight excluding hydrogens is 334 g/mol. The molecule has 0 unspecified atom stereocenters. The second-order valence-electron chi connectivity index (χ2n) is 5.74. The van der Waals surface area contributed by atoms with Crippen molar-refractivity contribution in [3.05, 3.63) is 47.5 Å². The van der Waals surface area contributed by atoms with Gasteiger partial charge in [0.25, 0.3) is 5.91 Å². The molecule has 2 aromatic rings. The van der Waals surface area contributed by atoms with Gasteiger partial charge in [-0.15, -0.1) is 0 Å². The van der Waals surface area contributed by atoms with Crippen LogP contribution in [0, 0.1) is 0 Å². The highest BCUT2D eigenvalue weighted by Gasteiger charge is 2.15. The van der Waals surface area contributed by atoms with Gasteiger partial charge in [0.1, 0.15) is 5.75 Å². The summed E-state index contributed by atoms with van der Waals surface area (Å²) >= 11 is 0. The molecule has 0 bridgehead atoms. The average molecular weight is 359 g/mol. The molecule has 1 amide bonds. The third-order valence-corrected chi connectivity index (χ3v) is 4.12. The number of likely N-dealkylation sites (N-methyl/N-ethyl adjacent to an activating group) is 1. The van der Waals surface area contributed by atoms with Crippen LogP contribution in [0.5, 0.6) is 23.0 Å². The van der Waals surface area contributed by atoms with Gasteiger partial charge in [-0.3, -0.25) is 4.79 Å². The summed E-state index contributed by atoms with van der Waals surface area (Å²) in [5.41, 5.74) is 1.58. The van der Waals surface area contributed by atoms with E-state index in [1.165, 1.54) is 0 Å². The first-order valence-electron chi connectivity index (χ1n) is 8.22. The first kappa shape index (κ1) is 19.4. The molecule has 6 nitrogen and oxygen atoms in total. The molecule has 0 aliphatic carbocycles. The van der Waals surface area contributed by atoms with Crippen molar-refractivity contribution < 1.29 is 23.7 Å². The third-order valence-electron chi connectivity index (χ3n) is 4.12. The van der Waals surface area contributed by atoms with E-state index in [1.807, 2.05) is 18.2 Å². The standard InChI is InChI=1S/C20H25NO5/c1-21(20(22)15-7-6-8-16(13-15)23-2)10-9-14-11-17(24-3)19(26-5)18(12-14)25-4/h6-8,11-13H,9-10H2,1-5H3. The Bertz CT molecular complexity index is 735. The maximum Gasteiger partial charge on any atom is 0.253 e. The molecule has 0 saturated heterocycles. The minimum absolute atomic E-state index is 0.0589. The van der Waals surface area contributed by atoms with Crippen molar-refractivity contribution in [1.29, 1.82) is 0 Å². The van der Waals surface area contributed by atoms with Gasteiger partial charge in [-0.05, 0) is 42.3 Å². The summed E-state index contributed by atoms with van der Waals surface area (Å²) in [4.78, 5) is 14.3. The van der Waals surface area contributed by atoms with Crippen LogP contribution in [0.3, 0.4) is 0 Å². The molecule has 0 heterocycles. The van der Waals surface area contributed by atoms with Crippen LogP contribution in [-0.4, -0.2) is 52.8 Å². The van der Waals surface area contributed by atoms with Crippen molar-refractivity contribution in [3.8, 4) is 23.0 Å². The lowest BCUT2D eigenvalue weighted by atomic mass is 10.1. The molecule has 140 valence electrons. The molecular formula is C20H25NO5. The Morgan fingerprint density at radius 3 is 2.12 bits per heavy atom. The minimum Gasteiger partial charge on any atom is -0.497 e. The smallest absolute Gasteiger partial charge is 0.253 e. The fourth-order valence-corrected chi connectivity index (χ4v) is 2.65. The molecule has 0 atom stereocenters. The number of ether oxygens (including phenoxy) is 4. The molecule has 0 aliphatic rings. The average Bonchev–Trinajstić information content (AvgIpc) is 2.70. The van der Waals surface area contributed by atoms with E-state index in [1.54, 1.807) is 58.6 Å². The van der Waals surface area contributed by atoms with Crippen LogP contribution in [0.4, 0.5) is 0 Å². The van der Waals surface area contributed by atoms with E-state index in [9.17, 15) is 4.79 Å². The van der Waals surface area contributed by atoms with E-state index in [-0.39, 0.29) is 5.91 Å². The molecule has 0 saturated carbocycles. The summed E-state index contributed by atoms with van der Waals surface area (Å²) in [5, 5.41) is 0. The maximum atomic E-state index is 12.6. The van der Waals surface area contributed by atoms with E-state index in [0.717, 1.165) is 5.56 Å². The first-order valence-corrected chi connectivity index (χ1v) is 8.22. The minimum atomic E-state index is -0.0589. The molecule has 6 heteroatoms. The van der Waals surface area contributed by atoms with E-state index < -0.39 is 0 Å². The normalized spacial score (nSPS) is 10.2. The molecule has 2 rings (SSSR count).